The fraction of sp³-hybridized carbons (Fsp3) is 0.520. The second-order valence-corrected chi connectivity index (χ2v) is 8.13. The van der Waals surface area contributed by atoms with Crippen LogP contribution in [0.15, 0.2) is 48.5 Å². The molecule has 29 heavy (non-hydrogen) atoms. The summed E-state index contributed by atoms with van der Waals surface area (Å²) in [5, 5.41) is 0. The molecule has 1 fully saturated rings. The molecule has 1 aliphatic rings. The van der Waals surface area contributed by atoms with E-state index in [1.807, 2.05) is 12.1 Å². The Hall–Kier alpha value is -1.94. The molecule has 4 heteroatoms. The van der Waals surface area contributed by atoms with Crippen LogP contribution in [0, 0.1) is 5.92 Å². The second kappa shape index (κ2) is 10.2. The maximum absolute atomic E-state index is 14.5. The van der Waals surface area contributed by atoms with Gasteiger partial charge in [-0.05, 0) is 85.8 Å². The van der Waals surface area contributed by atoms with Crippen molar-refractivity contribution < 1.29 is 18.3 Å². The zero-order chi connectivity index (χ0) is 20.7. The Morgan fingerprint density at radius 1 is 0.931 bits per heavy atom. The van der Waals surface area contributed by atoms with E-state index in [2.05, 4.69) is 6.92 Å². The first-order chi connectivity index (χ1) is 14.0. The molecule has 0 bridgehead atoms. The van der Waals surface area contributed by atoms with E-state index < -0.39 is 6.11 Å². The van der Waals surface area contributed by atoms with Crippen molar-refractivity contribution in [2.45, 2.75) is 63.9 Å². The van der Waals surface area contributed by atoms with Gasteiger partial charge in [0, 0.05) is 13.7 Å². The summed E-state index contributed by atoms with van der Waals surface area (Å²) in [4.78, 5) is 0. The third-order valence-electron chi connectivity index (χ3n) is 6.00. The van der Waals surface area contributed by atoms with Gasteiger partial charge < -0.3 is 9.47 Å². The van der Waals surface area contributed by atoms with Crippen molar-refractivity contribution >= 4 is 0 Å². The molecule has 2 aromatic carbocycles. The van der Waals surface area contributed by atoms with Gasteiger partial charge in [-0.3, -0.25) is 0 Å². The Morgan fingerprint density at radius 2 is 1.59 bits per heavy atom. The summed E-state index contributed by atoms with van der Waals surface area (Å²) in [6.07, 6.45) is 4.38. The number of aryl methyl sites for hydroxylation is 1. The van der Waals surface area contributed by atoms with Gasteiger partial charge >= 0.3 is 6.11 Å². The average molecular weight is 403 g/mol. The largest absolute Gasteiger partial charge is 0.429 e. The monoisotopic (exact) mass is 402 g/mol. The molecule has 1 aliphatic carbocycles. The normalized spacial score (nSPS) is 19.9. The summed E-state index contributed by atoms with van der Waals surface area (Å²) >= 11 is 0. The summed E-state index contributed by atoms with van der Waals surface area (Å²) in [7, 11) is 1.75. The Labute approximate surface area is 173 Å². The second-order valence-electron chi connectivity index (χ2n) is 8.13. The molecule has 0 N–H and O–H groups in total. The van der Waals surface area contributed by atoms with E-state index in [9.17, 15) is 8.78 Å². The van der Waals surface area contributed by atoms with Gasteiger partial charge in [0.25, 0.3) is 0 Å². The Kier molecular flexibility index (Phi) is 7.65. The minimum absolute atomic E-state index is 0.115. The molecular formula is C25H32F2O2. The minimum atomic E-state index is -3.34. The van der Waals surface area contributed by atoms with Crippen LogP contribution in [-0.2, 0) is 17.3 Å². The van der Waals surface area contributed by atoms with E-state index in [1.165, 1.54) is 30.5 Å². The van der Waals surface area contributed by atoms with Crippen LogP contribution < -0.4 is 4.74 Å². The molecule has 0 atom stereocenters. The number of benzene rings is 2. The lowest BCUT2D eigenvalue weighted by Gasteiger charge is -2.28. The van der Waals surface area contributed by atoms with E-state index >= 15 is 0 Å². The zero-order valence-corrected chi connectivity index (χ0v) is 17.5. The fourth-order valence-electron chi connectivity index (χ4n) is 4.24. The van der Waals surface area contributed by atoms with E-state index in [0.717, 1.165) is 50.2 Å². The quantitative estimate of drug-likeness (QED) is 0.446. The van der Waals surface area contributed by atoms with Crippen molar-refractivity contribution in [1.82, 2.24) is 0 Å². The van der Waals surface area contributed by atoms with E-state index in [4.69, 9.17) is 9.47 Å². The first kappa shape index (κ1) is 21.8. The third-order valence-corrected chi connectivity index (χ3v) is 6.00. The molecule has 0 heterocycles. The highest BCUT2D eigenvalue weighted by molar-refractivity contribution is 5.31. The SMILES string of the molecule is CCCc1ccc(C(F)(F)Oc2ccc(C3CCC(CCOC)CC3)cc2)cc1. The Bertz CT molecular complexity index is 732. The van der Waals surface area contributed by atoms with Gasteiger partial charge in [0.2, 0.25) is 0 Å². The number of rotatable bonds is 9. The van der Waals surface area contributed by atoms with Crippen molar-refractivity contribution in [2.24, 2.45) is 5.92 Å². The van der Waals surface area contributed by atoms with Crippen molar-refractivity contribution in [2.75, 3.05) is 13.7 Å². The number of ether oxygens (including phenoxy) is 2. The molecule has 0 saturated heterocycles. The van der Waals surface area contributed by atoms with Crippen LogP contribution in [0.2, 0.25) is 0 Å². The topological polar surface area (TPSA) is 18.5 Å². The van der Waals surface area contributed by atoms with Crippen LogP contribution in [-0.4, -0.2) is 13.7 Å². The van der Waals surface area contributed by atoms with Crippen LogP contribution in [0.25, 0.3) is 0 Å². The Morgan fingerprint density at radius 3 is 2.17 bits per heavy atom. The molecule has 1 saturated carbocycles. The van der Waals surface area contributed by atoms with Gasteiger partial charge in [-0.25, -0.2) is 0 Å². The highest BCUT2D eigenvalue weighted by Gasteiger charge is 2.34. The van der Waals surface area contributed by atoms with Crippen LogP contribution in [0.1, 0.15) is 68.1 Å². The van der Waals surface area contributed by atoms with Crippen molar-refractivity contribution in [3.05, 3.63) is 65.2 Å². The zero-order valence-electron chi connectivity index (χ0n) is 17.5. The molecular weight excluding hydrogens is 370 g/mol. The van der Waals surface area contributed by atoms with E-state index in [1.54, 1.807) is 31.4 Å². The molecule has 0 aliphatic heterocycles. The van der Waals surface area contributed by atoms with Crippen molar-refractivity contribution in [1.29, 1.82) is 0 Å². The fourth-order valence-corrected chi connectivity index (χ4v) is 4.24. The first-order valence-corrected chi connectivity index (χ1v) is 10.8. The number of hydrogen-bond donors (Lipinski definition) is 0. The first-order valence-electron chi connectivity index (χ1n) is 10.8. The maximum Gasteiger partial charge on any atom is 0.426 e. The lowest BCUT2D eigenvalue weighted by atomic mass is 9.78. The smallest absolute Gasteiger partial charge is 0.426 e. The van der Waals surface area contributed by atoms with Crippen LogP contribution >= 0.6 is 0 Å². The molecule has 0 radical (unpaired) electrons. The molecule has 0 unspecified atom stereocenters. The van der Waals surface area contributed by atoms with Gasteiger partial charge in [0.1, 0.15) is 5.75 Å². The lowest BCUT2D eigenvalue weighted by Crippen LogP contribution is -2.22. The van der Waals surface area contributed by atoms with Gasteiger partial charge in [-0.1, -0.05) is 37.6 Å². The van der Waals surface area contributed by atoms with Crippen LogP contribution in [0.5, 0.6) is 5.75 Å². The van der Waals surface area contributed by atoms with Gasteiger partial charge in [-0.15, -0.1) is 0 Å². The Balaban J connectivity index is 1.57. The molecule has 0 spiro atoms. The maximum atomic E-state index is 14.5. The summed E-state index contributed by atoms with van der Waals surface area (Å²) < 4.78 is 39.3. The predicted molar refractivity (Wildman–Crippen MR) is 113 cm³/mol. The van der Waals surface area contributed by atoms with E-state index in [-0.39, 0.29) is 11.3 Å². The van der Waals surface area contributed by atoms with Gasteiger partial charge in [0.05, 0.1) is 5.56 Å². The molecule has 3 rings (SSSR count). The lowest BCUT2D eigenvalue weighted by molar-refractivity contribution is -0.185. The number of alkyl halides is 2. The standard InChI is InChI=1S/C25H32F2O2/c1-3-4-19-7-13-23(14-8-19)25(26,27)29-24-15-11-22(12-16-24)21-9-5-20(6-10-21)17-18-28-2/h7-8,11-16,20-21H,3-6,9-10,17-18H2,1-2H3. The predicted octanol–water partition coefficient (Wildman–Crippen LogP) is 7.08. The van der Waals surface area contributed by atoms with E-state index in [0.29, 0.717) is 5.92 Å². The molecule has 0 amide bonds. The average Bonchev–Trinajstić information content (AvgIpc) is 2.74. The third kappa shape index (κ3) is 6.02. The summed E-state index contributed by atoms with van der Waals surface area (Å²) in [6.45, 7) is 2.90. The summed E-state index contributed by atoms with van der Waals surface area (Å²) in [5.41, 5.74) is 2.17. The molecule has 158 valence electrons. The highest BCUT2D eigenvalue weighted by Crippen LogP contribution is 2.38. The molecule has 2 aromatic rings. The molecule has 0 aromatic heterocycles. The minimum Gasteiger partial charge on any atom is -0.429 e. The van der Waals surface area contributed by atoms with Crippen molar-refractivity contribution in [3.63, 3.8) is 0 Å². The number of halogens is 2. The van der Waals surface area contributed by atoms with Crippen molar-refractivity contribution in [3.8, 4) is 5.75 Å². The summed E-state index contributed by atoms with van der Waals surface area (Å²) in [5.74, 6) is 1.45. The highest BCUT2D eigenvalue weighted by atomic mass is 19.3. The van der Waals surface area contributed by atoms with Crippen LogP contribution in [0.3, 0.4) is 0 Å². The number of methoxy groups -OCH3 is 1. The van der Waals surface area contributed by atoms with Crippen LogP contribution in [0.4, 0.5) is 8.78 Å². The molecule has 2 nitrogen and oxygen atoms in total. The number of hydrogen-bond acceptors (Lipinski definition) is 2. The summed E-state index contributed by atoms with van der Waals surface area (Å²) in [6, 6.07) is 13.6. The van der Waals surface area contributed by atoms with Gasteiger partial charge in [-0.2, -0.15) is 8.78 Å². The van der Waals surface area contributed by atoms with Gasteiger partial charge in [0.15, 0.2) is 0 Å².